The zero-order chi connectivity index (χ0) is 20.3. The summed E-state index contributed by atoms with van der Waals surface area (Å²) in [7, 11) is 1.62. The second-order valence-corrected chi connectivity index (χ2v) is 9.03. The number of aliphatic imine (C=N–C) groups is 1. The average molecular weight is 524 g/mol. The summed E-state index contributed by atoms with van der Waals surface area (Å²) in [5.74, 6) is 0.711. The maximum Gasteiger partial charge on any atom is 0.266 e. The third kappa shape index (κ3) is 4.70. The smallest absolute Gasteiger partial charge is 0.266 e. The summed E-state index contributed by atoms with van der Waals surface area (Å²) in [5.41, 5.74) is 2.93. The fourth-order valence-electron chi connectivity index (χ4n) is 2.75. The van der Waals surface area contributed by atoms with Gasteiger partial charge in [0.2, 0.25) is 0 Å². The molecule has 0 spiro atoms. The van der Waals surface area contributed by atoms with Gasteiger partial charge in [-0.3, -0.25) is 9.69 Å². The maximum absolute atomic E-state index is 13.0. The molecule has 0 N–H and O–H groups in total. The fourth-order valence-corrected chi connectivity index (χ4v) is 5.32. The second kappa shape index (κ2) is 9.29. The first kappa shape index (κ1) is 21.1. The predicted octanol–water partition coefficient (Wildman–Crippen LogP) is 6.54. The number of carbonyl (C=O) groups excluding carboxylic acids is 1. The van der Waals surface area contributed by atoms with E-state index < -0.39 is 0 Å². The molecule has 146 valence electrons. The minimum absolute atomic E-state index is 0.0132. The molecule has 7 heteroatoms. The number of rotatable bonds is 5. The quantitative estimate of drug-likeness (QED) is 0.417. The molecule has 0 atom stereocenters. The van der Waals surface area contributed by atoms with E-state index >= 15 is 0 Å². The van der Waals surface area contributed by atoms with Crippen LogP contribution < -0.4 is 4.74 Å². The lowest BCUT2D eigenvalue weighted by Crippen LogP contribution is -2.29. The molecule has 0 saturated carbocycles. The summed E-state index contributed by atoms with van der Waals surface area (Å²) in [6.07, 6.45) is 2.76. The number of hydrogen-bond donors (Lipinski definition) is 0. The summed E-state index contributed by atoms with van der Waals surface area (Å²) < 4.78 is 7.00. The van der Waals surface area contributed by atoms with Gasteiger partial charge in [-0.05, 0) is 92.9 Å². The van der Waals surface area contributed by atoms with Gasteiger partial charge in [0, 0.05) is 6.54 Å². The van der Waals surface area contributed by atoms with E-state index in [-0.39, 0.29) is 5.91 Å². The highest BCUT2D eigenvalue weighted by atomic mass is 79.9. The van der Waals surface area contributed by atoms with Gasteiger partial charge in [0.05, 0.1) is 26.6 Å². The van der Waals surface area contributed by atoms with Crippen molar-refractivity contribution in [1.29, 1.82) is 0 Å². The Morgan fingerprint density at radius 3 is 2.39 bits per heavy atom. The molecule has 0 aromatic heterocycles. The van der Waals surface area contributed by atoms with Gasteiger partial charge >= 0.3 is 0 Å². The molecule has 1 aliphatic rings. The van der Waals surface area contributed by atoms with Crippen molar-refractivity contribution in [2.24, 2.45) is 4.99 Å². The monoisotopic (exact) mass is 522 g/mol. The van der Waals surface area contributed by atoms with Gasteiger partial charge in [-0.15, -0.1) is 0 Å². The van der Waals surface area contributed by atoms with E-state index in [1.165, 1.54) is 17.3 Å². The summed E-state index contributed by atoms with van der Waals surface area (Å²) in [6, 6.07) is 11.9. The standard InChI is InChI=1S/C21H20Br2N2O2S/c1-4-9-25-20(26)18(12-14-10-16(22)19(27-3)17(23)11-14)28-21(25)24-15-7-5-13(2)6-8-15/h5-8,10-12H,4,9H2,1-3H3/b18-12+,24-21?. The van der Waals surface area contributed by atoms with Crippen molar-refractivity contribution >= 4 is 66.5 Å². The lowest BCUT2D eigenvalue weighted by atomic mass is 10.2. The molecule has 0 radical (unpaired) electrons. The summed E-state index contributed by atoms with van der Waals surface area (Å²) in [4.78, 5) is 20.1. The molecule has 1 aliphatic heterocycles. The largest absolute Gasteiger partial charge is 0.494 e. The van der Waals surface area contributed by atoms with E-state index in [4.69, 9.17) is 9.73 Å². The van der Waals surface area contributed by atoms with Gasteiger partial charge < -0.3 is 4.74 Å². The maximum atomic E-state index is 13.0. The molecule has 1 fully saturated rings. The first-order valence-corrected chi connectivity index (χ1v) is 11.2. The average Bonchev–Trinajstić information content (AvgIpc) is 2.92. The third-order valence-electron chi connectivity index (χ3n) is 4.12. The van der Waals surface area contributed by atoms with Crippen LogP contribution in [0.3, 0.4) is 0 Å². The van der Waals surface area contributed by atoms with E-state index in [0.29, 0.717) is 16.6 Å². The molecule has 0 aliphatic carbocycles. The normalized spacial score (nSPS) is 17.0. The van der Waals surface area contributed by atoms with E-state index in [2.05, 4.69) is 38.8 Å². The Kier molecular flexibility index (Phi) is 7.01. The zero-order valence-electron chi connectivity index (χ0n) is 15.8. The molecular weight excluding hydrogens is 504 g/mol. The van der Waals surface area contributed by atoms with Crippen LogP contribution >= 0.6 is 43.6 Å². The van der Waals surface area contributed by atoms with Crippen molar-refractivity contribution in [3.8, 4) is 5.75 Å². The van der Waals surface area contributed by atoms with Gasteiger partial charge in [-0.25, -0.2) is 4.99 Å². The Morgan fingerprint density at radius 1 is 1.18 bits per heavy atom. The fraction of sp³-hybridized carbons (Fsp3) is 0.238. The van der Waals surface area contributed by atoms with Crippen LogP contribution in [0.15, 0.2) is 55.2 Å². The van der Waals surface area contributed by atoms with Gasteiger partial charge in [0.1, 0.15) is 5.75 Å². The van der Waals surface area contributed by atoms with Crippen LogP contribution in [0.25, 0.3) is 6.08 Å². The SMILES string of the molecule is CCCN1C(=O)/C(=C\c2cc(Br)c(OC)c(Br)c2)SC1=Nc1ccc(C)cc1. The van der Waals surface area contributed by atoms with Gasteiger partial charge in [-0.1, -0.05) is 24.6 Å². The second-order valence-electron chi connectivity index (χ2n) is 6.32. The lowest BCUT2D eigenvalue weighted by Gasteiger charge is -2.14. The van der Waals surface area contributed by atoms with Crippen LogP contribution in [-0.2, 0) is 4.79 Å². The summed E-state index contributed by atoms with van der Waals surface area (Å²) >= 11 is 8.43. The number of halogens is 2. The minimum Gasteiger partial charge on any atom is -0.494 e. The highest BCUT2D eigenvalue weighted by Gasteiger charge is 2.32. The van der Waals surface area contributed by atoms with E-state index in [0.717, 1.165) is 32.4 Å². The molecule has 1 saturated heterocycles. The number of carbonyl (C=O) groups is 1. The number of thioether (sulfide) groups is 1. The number of aryl methyl sites for hydroxylation is 1. The Hall–Kier alpha value is -1.57. The molecule has 1 heterocycles. The number of hydrogen-bond acceptors (Lipinski definition) is 4. The molecule has 2 aromatic rings. The van der Waals surface area contributed by atoms with Gasteiger partial charge in [0.15, 0.2) is 5.17 Å². The number of benzene rings is 2. The van der Waals surface area contributed by atoms with Crippen molar-refractivity contribution < 1.29 is 9.53 Å². The number of amides is 1. The first-order chi connectivity index (χ1) is 13.4. The highest BCUT2D eigenvalue weighted by Crippen LogP contribution is 2.38. The molecule has 2 aromatic carbocycles. The zero-order valence-corrected chi connectivity index (χ0v) is 19.8. The van der Waals surface area contributed by atoms with Crippen LogP contribution in [-0.4, -0.2) is 29.6 Å². The predicted molar refractivity (Wildman–Crippen MR) is 124 cm³/mol. The van der Waals surface area contributed by atoms with E-state index in [1.807, 2.05) is 49.4 Å². The number of nitrogens with zero attached hydrogens (tertiary/aromatic N) is 2. The van der Waals surface area contributed by atoms with Crippen molar-refractivity contribution in [3.63, 3.8) is 0 Å². The van der Waals surface area contributed by atoms with Crippen LogP contribution in [0.2, 0.25) is 0 Å². The van der Waals surface area contributed by atoms with E-state index in [1.54, 1.807) is 12.0 Å². The molecule has 4 nitrogen and oxygen atoms in total. The Labute approximate surface area is 186 Å². The van der Waals surface area contributed by atoms with Crippen LogP contribution in [0.4, 0.5) is 5.69 Å². The topological polar surface area (TPSA) is 41.9 Å². The number of methoxy groups -OCH3 is 1. The van der Waals surface area contributed by atoms with Gasteiger partial charge in [-0.2, -0.15) is 0 Å². The Bertz CT molecular complexity index is 932. The van der Waals surface area contributed by atoms with Crippen LogP contribution in [0, 0.1) is 6.92 Å². The van der Waals surface area contributed by atoms with Crippen molar-refractivity contribution in [2.45, 2.75) is 20.3 Å². The van der Waals surface area contributed by atoms with Crippen LogP contribution in [0.1, 0.15) is 24.5 Å². The molecule has 0 unspecified atom stereocenters. The molecule has 28 heavy (non-hydrogen) atoms. The molecule has 0 bridgehead atoms. The summed E-state index contributed by atoms with van der Waals surface area (Å²) in [6.45, 7) is 4.74. The number of ether oxygens (including phenoxy) is 1. The lowest BCUT2D eigenvalue weighted by molar-refractivity contribution is -0.122. The minimum atomic E-state index is -0.0132. The Morgan fingerprint density at radius 2 is 1.82 bits per heavy atom. The van der Waals surface area contributed by atoms with E-state index in [9.17, 15) is 4.79 Å². The van der Waals surface area contributed by atoms with Crippen molar-refractivity contribution in [3.05, 3.63) is 61.4 Å². The van der Waals surface area contributed by atoms with Crippen LogP contribution in [0.5, 0.6) is 5.75 Å². The highest BCUT2D eigenvalue weighted by molar-refractivity contribution is 9.11. The summed E-state index contributed by atoms with van der Waals surface area (Å²) in [5, 5.41) is 0.716. The third-order valence-corrected chi connectivity index (χ3v) is 6.30. The van der Waals surface area contributed by atoms with Gasteiger partial charge in [0.25, 0.3) is 5.91 Å². The molecule has 3 rings (SSSR count). The molecular formula is C21H20Br2N2O2S. The Balaban J connectivity index is 1.96. The molecule has 1 amide bonds. The van der Waals surface area contributed by atoms with Crippen molar-refractivity contribution in [1.82, 2.24) is 4.90 Å². The number of amidine groups is 1. The van der Waals surface area contributed by atoms with Crippen molar-refractivity contribution in [2.75, 3.05) is 13.7 Å². The first-order valence-electron chi connectivity index (χ1n) is 8.82.